The molecule has 0 unspecified atom stereocenters. The van der Waals surface area contributed by atoms with E-state index in [1.807, 2.05) is 42.5 Å². The molecule has 2 amide bonds. The molecule has 3 rings (SSSR count). The number of rotatable bonds is 5. The van der Waals surface area contributed by atoms with Gasteiger partial charge in [-0.3, -0.25) is 9.59 Å². The summed E-state index contributed by atoms with van der Waals surface area (Å²) in [6.07, 6.45) is 0.582. The number of para-hydroxylation sites is 1. The highest BCUT2D eigenvalue weighted by Crippen LogP contribution is 2.33. The first kappa shape index (κ1) is 18.8. The van der Waals surface area contributed by atoms with Crippen molar-refractivity contribution in [3.8, 4) is 11.5 Å². The minimum absolute atomic E-state index is 0.145. The lowest BCUT2D eigenvalue weighted by Crippen LogP contribution is -2.39. The smallest absolute Gasteiger partial charge is 0.236 e. The number of benzene rings is 2. The van der Waals surface area contributed by atoms with Crippen LogP contribution in [-0.2, 0) is 22.6 Å². The second kappa shape index (κ2) is 8.12. The predicted molar refractivity (Wildman–Crippen MR) is 103 cm³/mol. The Morgan fingerprint density at radius 3 is 2.30 bits per heavy atom. The average Bonchev–Trinajstić information content (AvgIpc) is 2.72. The van der Waals surface area contributed by atoms with Gasteiger partial charge in [0.25, 0.3) is 0 Å². The first-order valence-electron chi connectivity index (χ1n) is 8.86. The Kier molecular flexibility index (Phi) is 5.64. The summed E-state index contributed by atoms with van der Waals surface area (Å²) >= 11 is 0. The van der Waals surface area contributed by atoms with E-state index in [0.717, 1.165) is 23.2 Å². The van der Waals surface area contributed by atoms with Gasteiger partial charge in [-0.25, -0.2) is 0 Å². The largest absolute Gasteiger partial charge is 0.493 e. The van der Waals surface area contributed by atoms with Crippen molar-refractivity contribution in [3.63, 3.8) is 0 Å². The molecule has 0 atom stereocenters. The monoisotopic (exact) mass is 368 g/mol. The number of amides is 2. The van der Waals surface area contributed by atoms with E-state index in [1.54, 1.807) is 26.2 Å². The molecule has 1 aliphatic heterocycles. The van der Waals surface area contributed by atoms with Crippen LogP contribution in [-0.4, -0.2) is 44.5 Å². The molecule has 0 N–H and O–H groups in total. The van der Waals surface area contributed by atoms with Crippen LogP contribution in [0.3, 0.4) is 0 Å². The van der Waals surface area contributed by atoms with Crippen molar-refractivity contribution in [3.05, 3.63) is 53.6 Å². The molecule has 6 nitrogen and oxygen atoms in total. The number of carbonyl (C=O) groups excluding carboxylic acids is 2. The van der Waals surface area contributed by atoms with Crippen LogP contribution >= 0.6 is 0 Å². The molecule has 0 radical (unpaired) electrons. The molecule has 0 saturated heterocycles. The fraction of sp³-hybridized carbons (Fsp3) is 0.333. The maximum atomic E-state index is 12.7. The summed E-state index contributed by atoms with van der Waals surface area (Å²) < 4.78 is 10.7. The Morgan fingerprint density at radius 2 is 1.67 bits per heavy atom. The Bertz CT molecular complexity index is 836. The van der Waals surface area contributed by atoms with Crippen molar-refractivity contribution in [2.24, 2.45) is 0 Å². The fourth-order valence-electron chi connectivity index (χ4n) is 3.25. The van der Waals surface area contributed by atoms with Crippen LogP contribution < -0.4 is 14.4 Å². The molecule has 6 heteroatoms. The number of hydrogen-bond acceptors (Lipinski definition) is 4. The topological polar surface area (TPSA) is 59.1 Å². The number of fused-ring (bicyclic) bond motifs is 1. The zero-order valence-electron chi connectivity index (χ0n) is 15.9. The normalized spacial score (nSPS) is 12.9. The van der Waals surface area contributed by atoms with Crippen LogP contribution in [0.4, 0.5) is 5.69 Å². The van der Waals surface area contributed by atoms with Gasteiger partial charge in [0, 0.05) is 25.8 Å². The summed E-state index contributed by atoms with van der Waals surface area (Å²) in [4.78, 5) is 28.4. The molecule has 0 bridgehead atoms. The third kappa shape index (κ3) is 4.05. The molecule has 0 saturated carbocycles. The number of methoxy groups -OCH3 is 2. The van der Waals surface area contributed by atoms with E-state index in [0.29, 0.717) is 24.6 Å². The van der Waals surface area contributed by atoms with Gasteiger partial charge in [-0.2, -0.15) is 0 Å². The fourth-order valence-corrected chi connectivity index (χ4v) is 3.25. The first-order valence-corrected chi connectivity index (χ1v) is 8.86. The highest BCUT2D eigenvalue weighted by atomic mass is 16.5. The molecular formula is C21H24N2O4. The van der Waals surface area contributed by atoms with E-state index in [2.05, 4.69) is 0 Å². The standard InChI is InChI=1S/C21H24N2O4/c1-22(17-7-5-4-6-8-17)20(24)13-21(25)23-10-9-15-11-18(26-2)19(27-3)12-16(15)14-23/h4-8,11-12H,9-10,13-14H2,1-3H3. The molecule has 2 aromatic carbocycles. The molecule has 142 valence electrons. The van der Waals surface area contributed by atoms with E-state index in [-0.39, 0.29) is 18.2 Å². The minimum atomic E-state index is -0.218. The summed E-state index contributed by atoms with van der Waals surface area (Å²) in [6.45, 7) is 1.06. The van der Waals surface area contributed by atoms with E-state index in [1.165, 1.54) is 4.90 Å². The van der Waals surface area contributed by atoms with Crippen LogP contribution in [0.1, 0.15) is 17.5 Å². The van der Waals surface area contributed by atoms with Crippen molar-refractivity contribution in [1.29, 1.82) is 0 Å². The van der Waals surface area contributed by atoms with Gasteiger partial charge >= 0.3 is 0 Å². The maximum Gasteiger partial charge on any atom is 0.236 e. The van der Waals surface area contributed by atoms with Crippen molar-refractivity contribution >= 4 is 17.5 Å². The van der Waals surface area contributed by atoms with Gasteiger partial charge in [0.1, 0.15) is 6.42 Å². The lowest BCUT2D eigenvalue weighted by molar-refractivity contribution is -0.135. The Hall–Kier alpha value is -3.02. The summed E-state index contributed by atoms with van der Waals surface area (Å²) in [5, 5.41) is 0. The van der Waals surface area contributed by atoms with E-state index < -0.39 is 0 Å². The van der Waals surface area contributed by atoms with Crippen LogP contribution in [0.5, 0.6) is 11.5 Å². The number of ether oxygens (including phenoxy) is 2. The lowest BCUT2D eigenvalue weighted by Gasteiger charge is -2.30. The Morgan fingerprint density at radius 1 is 1.04 bits per heavy atom. The maximum absolute atomic E-state index is 12.7. The van der Waals surface area contributed by atoms with E-state index in [9.17, 15) is 9.59 Å². The summed E-state index contributed by atoms with van der Waals surface area (Å²) in [5.74, 6) is 0.952. The van der Waals surface area contributed by atoms with E-state index in [4.69, 9.17) is 9.47 Å². The molecule has 1 heterocycles. The summed E-state index contributed by atoms with van der Waals surface area (Å²) in [7, 11) is 4.89. The van der Waals surface area contributed by atoms with Gasteiger partial charge in [-0.1, -0.05) is 18.2 Å². The summed E-state index contributed by atoms with van der Waals surface area (Å²) in [6, 6.07) is 13.2. The molecule has 2 aromatic rings. The third-order valence-electron chi connectivity index (χ3n) is 4.89. The predicted octanol–water partition coefficient (Wildman–Crippen LogP) is 2.64. The van der Waals surface area contributed by atoms with Gasteiger partial charge in [-0.15, -0.1) is 0 Å². The highest BCUT2D eigenvalue weighted by molar-refractivity contribution is 6.04. The van der Waals surface area contributed by atoms with E-state index >= 15 is 0 Å². The molecule has 0 aromatic heterocycles. The van der Waals surface area contributed by atoms with Gasteiger partial charge in [0.05, 0.1) is 14.2 Å². The quantitative estimate of drug-likeness (QED) is 0.762. The molecule has 27 heavy (non-hydrogen) atoms. The number of anilines is 1. The Labute approximate surface area is 159 Å². The zero-order valence-corrected chi connectivity index (χ0v) is 15.9. The zero-order chi connectivity index (χ0) is 19.4. The van der Waals surface area contributed by atoms with Crippen molar-refractivity contribution in [1.82, 2.24) is 4.90 Å². The second-order valence-corrected chi connectivity index (χ2v) is 6.51. The number of carbonyl (C=O) groups is 2. The average molecular weight is 368 g/mol. The van der Waals surface area contributed by atoms with Crippen molar-refractivity contribution in [2.45, 2.75) is 19.4 Å². The van der Waals surface area contributed by atoms with Gasteiger partial charge < -0.3 is 19.3 Å². The van der Waals surface area contributed by atoms with Crippen molar-refractivity contribution in [2.75, 3.05) is 32.7 Å². The van der Waals surface area contributed by atoms with Crippen LogP contribution in [0.2, 0.25) is 0 Å². The second-order valence-electron chi connectivity index (χ2n) is 6.51. The minimum Gasteiger partial charge on any atom is -0.493 e. The van der Waals surface area contributed by atoms with Crippen LogP contribution in [0, 0.1) is 0 Å². The molecule has 1 aliphatic rings. The SMILES string of the molecule is COc1cc2c(cc1OC)CN(C(=O)CC(=O)N(C)c1ccccc1)CC2. The molecule has 0 spiro atoms. The van der Waals surface area contributed by atoms with Crippen LogP contribution in [0.25, 0.3) is 0 Å². The number of hydrogen-bond donors (Lipinski definition) is 0. The highest BCUT2D eigenvalue weighted by Gasteiger charge is 2.25. The molecule has 0 fully saturated rings. The number of nitrogens with zero attached hydrogens (tertiary/aromatic N) is 2. The van der Waals surface area contributed by atoms with Gasteiger partial charge in [-0.05, 0) is 41.8 Å². The van der Waals surface area contributed by atoms with Gasteiger partial charge in [0.15, 0.2) is 11.5 Å². The van der Waals surface area contributed by atoms with Gasteiger partial charge in [0.2, 0.25) is 11.8 Å². The van der Waals surface area contributed by atoms with Crippen LogP contribution in [0.15, 0.2) is 42.5 Å². The Balaban J connectivity index is 1.68. The van der Waals surface area contributed by atoms with Crippen molar-refractivity contribution < 1.29 is 19.1 Å². The summed E-state index contributed by atoms with van der Waals surface area (Å²) in [5.41, 5.74) is 2.94. The molecule has 0 aliphatic carbocycles. The third-order valence-corrected chi connectivity index (χ3v) is 4.89. The first-order chi connectivity index (χ1) is 13.0. The lowest BCUT2D eigenvalue weighted by atomic mass is 9.98. The molecular weight excluding hydrogens is 344 g/mol.